The SMILES string of the molecule is CCc1nc(C(C)NC(=O)Cc2csc(-c3cccc(F)c3)n2)cs1. The standard InChI is InChI=1S/C18H18FN3OS2/c1-3-17-22-15(10-24-17)11(2)20-16(23)8-14-9-25-18(21-14)12-5-4-6-13(19)7-12/h4-7,9-11H,3,8H2,1-2H3,(H,20,23). The number of carbonyl (C=O) groups is 1. The third kappa shape index (κ3) is 4.49. The summed E-state index contributed by atoms with van der Waals surface area (Å²) in [5, 5.41) is 8.54. The molecule has 1 N–H and O–H groups in total. The Bertz CT molecular complexity index is 875. The van der Waals surface area contributed by atoms with E-state index in [1.54, 1.807) is 23.5 Å². The zero-order valence-corrected chi connectivity index (χ0v) is 15.6. The number of nitrogens with one attached hydrogen (secondary N) is 1. The minimum Gasteiger partial charge on any atom is -0.348 e. The van der Waals surface area contributed by atoms with Crippen molar-refractivity contribution in [1.82, 2.24) is 15.3 Å². The Morgan fingerprint density at radius 3 is 2.84 bits per heavy atom. The first kappa shape index (κ1) is 17.7. The summed E-state index contributed by atoms with van der Waals surface area (Å²) in [6.07, 6.45) is 1.09. The molecule has 4 nitrogen and oxygen atoms in total. The van der Waals surface area contributed by atoms with Crippen molar-refractivity contribution in [2.24, 2.45) is 0 Å². The second-order valence-electron chi connectivity index (χ2n) is 5.64. The Hall–Kier alpha value is -2.12. The highest BCUT2D eigenvalue weighted by Gasteiger charge is 2.15. The summed E-state index contributed by atoms with van der Waals surface area (Å²) >= 11 is 3.01. The average Bonchev–Trinajstić information content (AvgIpc) is 3.23. The molecule has 3 rings (SSSR count). The molecule has 0 fully saturated rings. The van der Waals surface area contributed by atoms with Gasteiger partial charge in [-0.3, -0.25) is 4.79 Å². The molecule has 3 aromatic rings. The van der Waals surface area contributed by atoms with Crippen LogP contribution in [0.25, 0.3) is 10.6 Å². The maximum Gasteiger partial charge on any atom is 0.226 e. The molecule has 25 heavy (non-hydrogen) atoms. The van der Waals surface area contributed by atoms with Crippen LogP contribution in [0.5, 0.6) is 0 Å². The fourth-order valence-electron chi connectivity index (χ4n) is 2.36. The highest BCUT2D eigenvalue weighted by Crippen LogP contribution is 2.24. The van der Waals surface area contributed by atoms with Crippen molar-refractivity contribution in [3.63, 3.8) is 0 Å². The Kier molecular flexibility index (Phi) is 5.55. The first-order valence-electron chi connectivity index (χ1n) is 7.99. The van der Waals surface area contributed by atoms with Crippen LogP contribution in [0.4, 0.5) is 4.39 Å². The molecule has 1 unspecified atom stereocenters. The number of halogens is 1. The lowest BCUT2D eigenvalue weighted by molar-refractivity contribution is -0.121. The number of rotatable bonds is 6. The van der Waals surface area contributed by atoms with Crippen molar-refractivity contribution in [2.45, 2.75) is 32.7 Å². The number of aromatic nitrogens is 2. The van der Waals surface area contributed by atoms with Gasteiger partial charge in [0.25, 0.3) is 0 Å². The van der Waals surface area contributed by atoms with E-state index in [-0.39, 0.29) is 24.2 Å². The first-order valence-corrected chi connectivity index (χ1v) is 9.75. The van der Waals surface area contributed by atoms with Crippen LogP contribution in [0.2, 0.25) is 0 Å². The van der Waals surface area contributed by atoms with Gasteiger partial charge in [-0.15, -0.1) is 22.7 Å². The Balaban J connectivity index is 1.61. The molecule has 0 radical (unpaired) electrons. The van der Waals surface area contributed by atoms with E-state index >= 15 is 0 Å². The van der Waals surface area contributed by atoms with E-state index in [1.165, 1.54) is 23.5 Å². The van der Waals surface area contributed by atoms with Gasteiger partial charge in [-0.05, 0) is 25.5 Å². The molecule has 0 bridgehead atoms. The summed E-state index contributed by atoms with van der Waals surface area (Å²) in [4.78, 5) is 21.2. The summed E-state index contributed by atoms with van der Waals surface area (Å²) in [6.45, 7) is 3.98. The quantitative estimate of drug-likeness (QED) is 0.695. The second-order valence-corrected chi connectivity index (χ2v) is 7.44. The van der Waals surface area contributed by atoms with E-state index < -0.39 is 0 Å². The summed E-state index contributed by atoms with van der Waals surface area (Å²) in [7, 11) is 0. The summed E-state index contributed by atoms with van der Waals surface area (Å²) in [5.74, 6) is -0.398. The minimum atomic E-state index is -0.296. The van der Waals surface area contributed by atoms with Crippen LogP contribution in [-0.4, -0.2) is 15.9 Å². The largest absolute Gasteiger partial charge is 0.348 e. The molecule has 1 amide bonds. The average molecular weight is 375 g/mol. The number of hydrogen-bond acceptors (Lipinski definition) is 5. The molecule has 2 heterocycles. The van der Waals surface area contributed by atoms with Crippen LogP contribution in [0, 0.1) is 5.82 Å². The molecule has 2 aromatic heterocycles. The topological polar surface area (TPSA) is 54.9 Å². The fourth-order valence-corrected chi connectivity index (χ4v) is 4.01. The lowest BCUT2D eigenvalue weighted by Crippen LogP contribution is -2.28. The number of carbonyl (C=O) groups excluding carboxylic acids is 1. The highest BCUT2D eigenvalue weighted by atomic mass is 32.1. The van der Waals surface area contributed by atoms with Gasteiger partial charge >= 0.3 is 0 Å². The number of aryl methyl sites for hydroxylation is 1. The molecular formula is C18H18FN3OS2. The van der Waals surface area contributed by atoms with Crippen molar-refractivity contribution in [2.75, 3.05) is 0 Å². The van der Waals surface area contributed by atoms with Crippen LogP contribution in [0.3, 0.4) is 0 Å². The lowest BCUT2D eigenvalue weighted by Gasteiger charge is -2.10. The van der Waals surface area contributed by atoms with E-state index in [9.17, 15) is 9.18 Å². The van der Waals surface area contributed by atoms with E-state index in [0.29, 0.717) is 10.7 Å². The van der Waals surface area contributed by atoms with E-state index in [1.807, 2.05) is 17.7 Å². The minimum absolute atomic E-state index is 0.102. The summed E-state index contributed by atoms with van der Waals surface area (Å²) in [6, 6.07) is 6.17. The molecule has 1 aromatic carbocycles. The van der Waals surface area contributed by atoms with Crippen molar-refractivity contribution < 1.29 is 9.18 Å². The highest BCUT2D eigenvalue weighted by molar-refractivity contribution is 7.13. The third-order valence-corrected chi connectivity index (χ3v) is 5.61. The zero-order valence-electron chi connectivity index (χ0n) is 14.0. The van der Waals surface area contributed by atoms with E-state index in [4.69, 9.17) is 0 Å². The lowest BCUT2D eigenvalue weighted by atomic mass is 10.2. The normalized spacial score (nSPS) is 12.1. The van der Waals surface area contributed by atoms with Crippen LogP contribution in [0.1, 0.15) is 36.3 Å². The van der Waals surface area contributed by atoms with Gasteiger partial charge in [0.1, 0.15) is 10.8 Å². The molecule has 0 saturated carbocycles. The van der Waals surface area contributed by atoms with Gasteiger partial charge in [0.15, 0.2) is 0 Å². The Morgan fingerprint density at radius 1 is 1.28 bits per heavy atom. The fraction of sp³-hybridized carbons (Fsp3) is 0.278. The number of amides is 1. The van der Waals surface area contributed by atoms with Crippen LogP contribution in [-0.2, 0) is 17.6 Å². The van der Waals surface area contributed by atoms with Crippen molar-refractivity contribution in [3.8, 4) is 10.6 Å². The molecule has 7 heteroatoms. The number of hydrogen-bond donors (Lipinski definition) is 1. The predicted octanol–water partition coefficient (Wildman–Crippen LogP) is 4.39. The summed E-state index contributed by atoms with van der Waals surface area (Å²) in [5.41, 5.74) is 2.29. The molecule has 0 aliphatic heterocycles. The molecule has 0 spiro atoms. The van der Waals surface area contributed by atoms with Gasteiger partial charge in [-0.2, -0.15) is 0 Å². The maximum absolute atomic E-state index is 13.3. The van der Waals surface area contributed by atoms with Gasteiger partial charge in [-0.1, -0.05) is 19.1 Å². The molecule has 0 aliphatic rings. The number of thiazole rings is 2. The number of nitrogens with zero attached hydrogens (tertiary/aromatic N) is 2. The molecular weight excluding hydrogens is 357 g/mol. The third-order valence-electron chi connectivity index (χ3n) is 3.66. The summed E-state index contributed by atoms with van der Waals surface area (Å²) < 4.78 is 13.3. The van der Waals surface area contributed by atoms with E-state index in [2.05, 4.69) is 22.2 Å². The van der Waals surface area contributed by atoms with Crippen LogP contribution < -0.4 is 5.32 Å². The van der Waals surface area contributed by atoms with Crippen LogP contribution in [0.15, 0.2) is 35.0 Å². The van der Waals surface area contributed by atoms with Gasteiger partial charge in [0.05, 0.1) is 28.9 Å². The van der Waals surface area contributed by atoms with Crippen LogP contribution >= 0.6 is 22.7 Å². The molecule has 0 saturated heterocycles. The molecule has 130 valence electrons. The number of benzene rings is 1. The maximum atomic E-state index is 13.3. The molecule has 1 atom stereocenters. The van der Waals surface area contributed by atoms with Gasteiger partial charge in [0.2, 0.25) is 5.91 Å². The zero-order chi connectivity index (χ0) is 17.8. The Morgan fingerprint density at radius 2 is 2.12 bits per heavy atom. The molecule has 0 aliphatic carbocycles. The first-order chi connectivity index (χ1) is 12.0. The van der Waals surface area contributed by atoms with E-state index in [0.717, 1.165) is 22.7 Å². The van der Waals surface area contributed by atoms with Crippen molar-refractivity contribution >= 4 is 28.6 Å². The monoisotopic (exact) mass is 375 g/mol. The Labute approximate surface area is 153 Å². The van der Waals surface area contributed by atoms with Gasteiger partial charge < -0.3 is 5.32 Å². The predicted molar refractivity (Wildman–Crippen MR) is 99.3 cm³/mol. The van der Waals surface area contributed by atoms with Crippen molar-refractivity contribution in [1.29, 1.82) is 0 Å². The smallest absolute Gasteiger partial charge is 0.226 e. The van der Waals surface area contributed by atoms with Gasteiger partial charge in [-0.25, -0.2) is 14.4 Å². The second kappa shape index (κ2) is 7.84. The van der Waals surface area contributed by atoms with Gasteiger partial charge in [0, 0.05) is 16.3 Å². The van der Waals surface area contributed by atoms with Crippen molar-refractivity contribution in [3.05, 3.63) is 57.2 Å².